The molecule has 0 aliphatic carbocycles. The monoisotopic (exact) mass is 359 g/mol. The maximum absolute atomic E-state index is 13.8. The number of nitrogens with zero attached hydrogens (tertiary/aromatic N) is 1. The van der Waals surface area contributed by atoms with Crippen LogP contribution < -0.4 is 4.74 Å². The molecule has 0 aliphatic heterocycles. The highest BCUT2D eigenvalue weighted by atomic mass is 79.9. The molecule has 0 radical (unpaired) electrons. The lowest BCUT2D eigenvalue weighted by Crippen LogP contribution is -1.94. The summed E-state index contributed by atoms with van der Waals surface area (Å²) in [4.78, 5) is 9.87. The molecule has 0 spiro atoms. The summed E-state index contributed by atoms with van der Waals surface area (Å²) in [5.74, 6) is -0.512. The molecule has 4 nitrogen and oxygen atoms in total. The van der Waals surface area contributed by atoms with Crippen molar-refractivity contribution in [1.82, 2.24) is 0 Å². The second-order valence-electron chi connectivity index (χ2n) is 3.82. The van der Waals surface area contributed by atoms with E-state index in [-0.39, 0.29) is 11.4 Å². The zero-order chi connectivity index (χ0) is 14.7. The highest BCUT2D eigenvalue weighted by Crippen LogP contribution is 2.33. The van der Waals surface area contributed by atoms with E-state index in [1.165, 1.54) is 12.1 Å². The minimum Gasteiger partial charge on any atom is -0.454 e. The SMILES string of the molecule is O=[N+]([O-])c1ccc(Oc2cccc(Cl)c2CBr)c(F)c1. The minimum absolute atomic E-state index is 0.0972. The van der Waals surface area contributed by atoms with Gasteiger partial charge in [0.2, 0.25) is 0 Å². The number of non-ortho nitro benzene ring substituents is 1. The predicted molar refractivity (Wildman–Crippen MR) is 77.2 cm³/mol. The first-order valence-corrected chi connectivity index (χ1v) is 6.98. The van der Waals surface area contributed by atoms with Crippen LogP contribution in [-0.4, -0.2) is 4.92 Å². The number of rotatable bonds is 4. The van der Waals surface area contributed by atoms with Gasteiger partial charge in [-0.25, -0.2) is 4.39 Å². The van der Waals surface area contributed by atoms with Crippen LogP contribution in [0.3, 0.4) is 0 Å². The molecule has 0 aliphatic rings. The Morgan fingerprint density at radius 2 is 2.05 bits per heavy atom. The van der Waals surface area contributed by atoms with Gasteiger partial charge in [0.25, 0.3) is 5.69 Å². The van der Waals surface area contributed by atoms with E-state index >= 15 is 0 Å². The van der Waals surface area contributed by atoms with Gasteiger partial charge in [-0.3, -0.25) is 10.1 Å². The van der Waals surface area contributed by atoms with Gasteiger partial charge in [0.1, 0.15) is 5.75 Å². The summed E-state index contributed by atoms with van der Waals surface area (Å²) in [5, 5.41) is 11.5. The molecule has 104 valence electrons. The van der Waals surface area contributed by atoms with E-state index in [9.17, 15) is 14.5 Å². The fourth-order valence-corrected chi connectivity index (χ4v) is 2.54. The summed E-state index contributed by atoms with van der Waals surface area (Å²) in [6, 6.07) is 8.21. The van der Waals surface area contributed by atoms with Crippen LogP contribution in [-0.2, 0) is 5.33 Å². The zero-order valence-corrected chi connectivity index (χ0v) is 12.3. The fraction of sp³-hybridized carbons (Fsp3) is 0.0769. The number of nitro benzene ring substituents is 1. The normalized spacial score (nSPS) is 10.3. The van der Waals surface area contributed by atoms with Gasteiger partial charge in [0.15, 0.2) is 11.6 Å². The van der Waals surface area contributed by atoms with Gasteiger partial charge >= 0.3 is 0 Å². The van der Waals surface area contributed by atoms with Crippen molar-refractivity contribution in [3.63, 3.8) is 0 Å². The number of alkyl halides is 1. The number of ether oxygens (including phenoxy) is 1. The summed E-state index contributed by atoms with van der Waals surface area (Å²) < 4.78 is 19.2. The van der Waals surface area contributed by atoms with Crippen molar-refractivity contribution in [2.24, 2.45) is 0 Å². The molecule has 20 heavy (non-hydrogen) atoms. The quantitative estimate of drug-likeness (QED) is 0.434. The number of halogens is 3. The lowest BCUT2D eigenvalue weighted by molar-refractivity contribution is -0.385. The van der Waals surface area contributed by atoms with Gasteiger partial charge in [0.05, 0.1) is 11.0 Å². The molecule has 0 fully saturated rings. The van der Waals surface area contributed by atoms with Gasteiger partial charge in [-0.05, 0) is 18.2 Å². The average molecular weight is 361 g/mol. The molecule has 0 bridgehead atoms. The van der Waals surface area contributed by atoms with E-state index in [2.05, 4.69) is 15.9 Å². The largest absolute Gasteiger partial charge is 0.454 e. The molecule has 0 saturated carbocycles. The van der Waals surface area contributed by atoms with Crippen LogP contribution in [0, 0.1) is 15.9 Å². The van der Waals surface area contributed by atoms with Crippen molar-refractivity contribution in [1.29, 1.82) is 0 Å². The standard InChI is InChI=1S/C13H8BrClFNO3/c14-7-9-10(15)2-1-3-12(9)20-13-5-4-8(17(18)19)6-11(13)16/h1-6H,7H2. The topological polar surface area (TPSA) is 52.4 Å². The first-order chi connectivity index (χ1) is 9.52. The van der Waals surface area contributed by atoms with E-state index in [1.54, 1.807) is 18.2 Å². The Hall–Kier alpha value is -1.66. The summed E-state index contributed by atoms with van der Waals surface area (Å²) in [6.45, 7) is 0. The maximum Gasteiger partial charge on any atom is 0.272 e. The number of hydrogen-bond acceptors (Lipinski definition) is 3. The van der Waals surface area contributed by atoms with Crippen LogP contribution in [0.4, 0.5) is 10.1 Å². The van der Waals surface area contributed by atoms with Crippen LogP contribution in [0.1, 0.15) is 5.56 Å². The fourth-order valence-electron chi connectivity index (χ4n) is 1.57. The molecule has 0 atom stereocenters. The predicted octanol–water partition coefficient (Wildman–Crippen LogP) is 5.07. The molecule has 0 heterocycles. The summed E-state index contributed by atoms with van der Waals surface area (Å²) >= 11 is 9.28. The van der Waals surface area contributed by atoms with Crippen molar-refractivity contribution in [2.45, 2.75) is 5.33 Å². The van der Waals surface area contributed by atoms with Crippen molar-refractivity contribution in [3.05, 3.63) is 62.9 Å². The average Bonchev–Trinajstić information content (AvgIpc) is 2.41. The molecule has 0 aromatic heterocycles. The lowest BCUT2D eigenvalue weighted by atomic mass is 10.2. The Bertz CT molecular complexity index is 666. The molecular weight excluding hydrogens is 353 g/mol. The number of benzene rings is 2. The van der Waals surface area contributed by atoms with E-state index in [1.807, 2.05) is 0 Å². The highest BCUT2D eigenvalue weighted by molar-refractivity contribution is 9.08. The van der Waals surface area contributed by atoms with Crippen molar-refractivity contribution >= 4 is 33.2 Å². The molecule has 2 aromatic rings. The summed E-state index contributed by atoms with van der Waals surface area (Å²) in [5.41, 5.74) is 0.341. The Morgan fingerprint density at radius 1 is 1.30 bits per heavy atom. The third-order valence-corrected chi connectivity index (χ3v) is 3.47. The van der Waals surface area contributed by atoms with Crippen LogP contribution in [0.2, 0.25) is 5.02 Å². The van der Waals surface area contributed by atoms with Gasteiger partial charge < -0.3 is 4.74 Å². The molecule has 7 heteroatoms. The van der Waals surface area contributed by atoms with Gasteiger partial charge in [-0.2, -0.15) is 0 Å². The number of hydrogen-bond donors (Lipinski definition) is 0. The number of nitro groups is 1. The Kier molecular flexibility index (Phi) is 4.57. The molecular formula is C13H8BrClFNO3. The maximum atomic E-state index is 13.8. The van der Waals surface area contributed by atoms with Gasteiger partial charge in [0, 0.05) is 22.0 Å². The molecule has 0 amide bonds. The van der Waals surface area contributed by atoms with E-state index in [0.717, 1.165) is 6.07 Å². The van der Waals surface area contributed by atoms with E-state index < -0.39 is 10.7 Å². The van der Waals surface area contributed by atoms with Crippen molar-refractivity contribution in [2.75, 3.05) is 0 Å². The molecule has 0 saturated heterocycles. The van der Waals surface area contributed by atoms with E-state index in [0.29, 0.717) is 21.7 Å². The highest BCUT2D eigenvalue weighted by Gasteiger charge is 2.14. The Balaban J connectivity index is 2.36. The Labute approximate surface area is 127 Å². The minimum atomic E-state index is -0.806. The van der Waals surface area contributed by atoms with Gasteiger partial charge in [-0.15, -0.1) is 0 Å². The lowest BCUT2D eigenvalue weighted by Gasteiger charge is -2.11. The smallest absolute Gasteiger partial charge is 0.272 e. The van der Waals surface area contributed by atoms with Crippen molar-refractivity contribution < 1.29 is 14.1 Å². The van der Waals surface area contributed by atoms with Crippen molar-refractivity contribution in [3.8, 4) is 11.5 Å². The Morgan fingerprint density at radius 3 is 2.65 bits per heavy atom. The molecule has 0 unspecified atom stereocenters. The first-order valence-electron chi connectivity index (χ1n) is 5.48. The second-order valence-corrected chi connectivity index (χ2v) is 4.79. The van der Waals surface area contributed by atoms with E-state index in [4.69, 9.17) is 16.3 Å². The molecule has 0 N–H and O–H groups in total. The second kappa shape index (κ2) is 6.19. The van der Waals surface area contributed by atoms with Crippen LogP contribution in [0.15, 0.2) is 36.4 Å². The molecule has 2 aromatic carbocycles. The van der Waals surface area contributed by atoms with Gasteiger partial charge in [-0.1, -0.05) is 33.6 Å². The molecule has 2 rings (SSSR count). The van der Waals surface area contributed by atoms with Crippen LogP contribution in [0.25, 0.3) is 0 Å². The van der Waals surface area contributed by atoms with Crippen LogP contribution in [0.5, 0.6) is 11.5 Å². The third-order valence-electron chi connectivity index (χ3n) is 2.56. The third kappa shape index (κ3) is 3.08. The summed E-state index contributed by atoms with van der Waals surface area (Å²) in [6.07, 6.45) is 0. The zero-order valence-electron chi connectivity index (χ0n) is 9.98. The first kappa shape index (κ1) is 14.7. The van der Waals surface area contributed by atoms with Crippen LogP contribution >= 0.6 is 27.5 Å². The summed E-state index contributed by atoms with van der Waals surface area (Å²) in [7, 11) is 0.